The summed E-state index contributed by atoms with van der Waals surface area (Å²) < 4.78 is 0. The second-order valence-corrected chi connectivity index (χ2v) is 3.04. The van der Waals surface area contributed by atoms with Gasteiger partial charge in [0.25, 0.3) is 0 Å². The second-order valence-electron chi connectivity index (χ2n) is 3.04. The number of hydrogen-bond donors (Lipinski definition) is 0. The van der Waals surface area contributed by atoms with Crippen LogP contribution in [-0.4, -0.2) is 4.86 Å². The number of nitrogens with zero attached hydrogens (tertiary/aromatic N) is 2. The first-order chi connectivity index (χ1) is 7.36. The molecule has 74 valence electrons. The van der Waals surface area contributed by atoms with Gasteiger partial charge in [-0.2, -0.15) is 0 Å². The summed E-state index contributed by atoms with van der Waals surface area (Å²) in [5.74, 6) is 0. The quantitative estimate of drug-likeness (QED) is 0.412. The van der Waals surface area contributed by atoms with Gasteiger partial charge >= 0.3 is 0 Å². The molecule has 0 bridgehead atoms. The predicted octanol–water partition coefficient (Wildman–Crippen LogP) is 3.61. The van der Waals surface area contributed by atoms with Gasteiger partial charge in [-0.3, -0.25) is 0 Å². The molecule has 0 aliphatic rings. The van der Waals surface area contributed by atoms with Gasteiger partial charge in [-0.15, -0.1) is 0 Å². The Kier molecular flexibility index (Phi) is 2.74. The fourth-order valence-electron chi connectivity index (χ4n) is 1.21. The number of hydrogen-bond acceptors (Lipinski definition) is 2. The van der Waals surface area contributed by atoms with E-state index < -0.39 is 0 Å². The highest BCUT2D eigenvalue weighted by atomic mass is 16.5. The average molecular weight is 198 g/mol. The predicted molar refractivity (Wildman–Crippen MR) is 58.3 cm³/mol. The zero-order valence-electron chi connectivity index (χ0n) is 8.08. The lowest BCUT2D eigenvalue weighted by molar-refractivity contribution is -0.435. The molecule has 0 heterocycles. The highest BCUT2D eigenvalue weighted by molar-refractivity contribution is 5.35. The van der Waals surface area contributed by atoms with Crippen LogP contribution in [0.2, 0.25) is 0 Å². The maximum absolute atomic E-state index is 11.6. The van der Waals surface area contributed by atoms with Crippen molar-refractivity contribution in [1.29, 1.82) is 0 Å². The molecule has 0 saturated carbocycles. The first-order valence-electron chi connectivity index (χ1n) is 4.65. The molecule has 15 heavy (non-hydrogen) atoms. The summed E-state index contributed by atoms with van der Waals surface area (Å²) in [5.41, 5.74) is 1.18. The highest BCUT2D eigenvalue weighted by Gasteiger charge is 2.00. The highest BCUT2D eigenvalue weighted by Crippen LogP contribution is 2.15. The molecule has 0 unspecified atom stereocenters. The molecule has 0 fully saturated rings. The van der Waals surface area contributed by atoms with E-state index in [-0.39, 0.29) is 0 Å². The van der Waals surface area contributed by atoms with Crippen LogP contribution < -0.4 is 0 Å². The summed E-state index contributed by atoms with van der Waals surface area (Å²) in [6.07, 6.45) is 0. The first-order valence-corrected chi connectivity index (χ1v) is 4.65. The van der Waals surface area contributed by atoms with E-state index >= 15 is 0 Å². The van der Waals surface area contributed by atoms with Gasteiger partial charge in [0.15, 0.2) is 0 Å². The van der Waals surface area contributed by atoms with Gasteiger partial charge in [-0.05, 0) is 12.1 Å². The van der Waals surface area contributed by atoms with Crippen molar-refractivity contribution in [3.05, 3.63) is 65.9 Å². The van der Waals surface area contributed by atoms with Gasteiger partial charge < -0.3 is 5.21 Å². The van der Waals surface area contributed by atoms with Crippen molar-refractivity contribution in [2.24, 2.45) is 5.11 Å². The minimum atomic E-state index is 0.529. The van der Waals surface area contributed by atoms with Crippen LogP contribution in [0, 0.1) is 5.21 Å². The Labute approximate surface area is 87.9 Å². The normalized spacial score (nSPS) is 11.3. The van der Waals surface area contributed by atoms with Crippen LogP contribution >= 0.6 is 0 Å². The summed E-state index contributed by atoms with van der Waals surface area (Å²) in [5, 5.41) is 15.5. The fraction of sp³-hybridized carbons (Fsp3) is 0. The van der Waals surface area contributed by atoms with Gasteiger partial charge in [0.1, 0.15) is 5.69 Å². The molecule has 0 radical (unpaired) electrons. The smallest absolute Gasteiger partial charge is 0.244 e. The minimum Gasteiger partial charge on any atom is -0.594 e. The summed E-state index contributed by atoms with van der Waals surface area (Å²) in [7, 11) is 0. The average Bonchev–Trinajstić information content (AvgIpc) is 2.31. The molecule has 0 aromatic heterocycles. The van der Waals surface area contributed by atoms with Gasteiger partial charge in [0, 0.05) is 17.2 Å². The first kappa shape index (κ1) is 9.40. The molecule has 3 nitrogen and oxygen atoms in total. The maximum Gasteiger partial charge on any atom is 0.244 e. The summed E-state index contributed by atoms with van der Waals surface area (Å²) in [4.78, 5) is 0.620. The lowest BCUT2D eigenvalue weighted by atomic mass is 10.3. The van der Waals surface area contributed by atoms with Crippen molar-refractivity contribution in [2.45, 2.75) is 0 Å². The minimum absolute atomic E-state index is 0.529. The molecule has 0 saturated heterocycles. The number of rotatable bonds is 2. The molecule has 0 aliphatic heterocycles. The van der Waals surface area contributed by atoms with E-state index in [4.69, 9.17) is 0 Å². The molecule has 2 aromatic rings. The van der Waals surface area contributed by atoms with E-state index in [1.807, 2.05) is 24.3 Å². The third-order valence-corrected chi connectivity index (χ3v) is 1.94. The third kappa shape index (κ3) is 2.40. The molecule has 0 N–H and O–H groups in total. The molecule has 0 amide bonds. The van der Waals surface area contributed by atoms with Crippen LogP contribution in [0.1, 0.15) is 0 Å². The summed E-state index contributed by atoms with van der Waals surface area (Å²) in [6, 6.07) is 18.1. The molecular formula is C12H10N2O. The zero-order valence-corrected chi connectivity index (χ0v) is 8.08. The van der Waals surface area contributed by atoms with Crippen molar-refractivity contribution in [2.75, 3.05) is 0 Å². The molecule has 3 heteroatoms. The Morgan fingerprint density at radius 1 is 0.800 bits per heavy atom. The Morgan fingerprint density at radius 3 is 1.93 bits per heavy atom. The standard InChI is InChI=1S/C12H10N2O/c15-14(12-9-5-2-6-10-12)13-11-7-3-1-4-8-11/h1-10H/b14-13-. The van der Waals surface area contributed by atoms with Crippen LogP contribution in [0.3, 0.4) is 0 Å². The van der Waals surface area contributed by atoms with Crippen LogP contribution in [0.15, 0.2) is 65.8 Å². The topological polar surface area (TPSA) is 38.4 Å². The van der Waals surface area contributed by atoms with Gasteiger partial charge in [-0.1, -0.05) is 41.3 Å². The maximum atomic E-state index is 11.6. The summed E-state index contributed by atoms with van der Waals surface area (Å²) in [6.45, 7) is 0. The van der Waals surface area contributed by atoms with Crippen molar-refractivity contribution in [3.63, 3.8) is 0 Å². The van der Waals surface area contributed by atoms with Crippen LogP contribution in [0.25, 0.3) is 0 Å². The second kappa shape index (κ2) is 4.37. The van der Waals surface area contributed by atoms with Crippen LogP contribution in [-0.2, 0) is 0 Å². The van der Waals surface area contributed by atoms with Crippen LogP contribution in [0.4, 0.5) is 11.4 Å². The van der Waals surface area contributed by atoms with Crippen molar-refractivity contribution in [3.8, 4) is 0 Å². The van der Waals surface area contributed by atoms with Crippen molar-refractivity contribution >= 4 is 11.4 Å². The van der Waals surface area contributed by atoms with E-state index in [9.17, 15) is 5.21 Å². The Morgan fingerprint density at radius 2 is 1.33 bits per heavy atom. The SMILES string of the molecule is [O-]/[N+](=N\c1ccccc1)c1ccccc1. The van der Waals surface area contributed by atoms with Crippen LogP contribution in [0.5, 0.6) is 0 Å². The zero-order chi connectivity index (χ0) is 10.5. The fourth-order valence-corrected chi connectivity index (χ4v) is 1.21. The lowest BCUT2D eigenvalue weighted by Gasteiger charge is -1.98. The Balaban J connectivity index is 2.29. The molecule has 0 atom stereocenters. The third-order valence-electron chi connectivity index (χ3n) is 1.94. The molecular weight excluding hydrogens is 188 g/mol. The number of benzene rings is 2. The van der Waals surface area contributed by atoms with Crippen molar-refractivity contribution < 1.29 is 4.86 Å². The van der Waals surface area contributed by atoms with E-state index in [2.05, 4.69) is 5.11 Å². The van der Waals surface area contributed by atoms with Gasteiger partial charge in [-0.25, -0.2) is 0 Å². The van der Waals surface area contributed by atoms with E-state index in [1.165, 1.54) is 0 Å². The Hall–Kier alpha value is -2.16. The molecule has 2 aromatic carbocycles. The largest absolute Gasteiger partial charge is 0.594 e. The van der Waals surface area contributed by atoms with Gasteiger partial charge in [0.05, 0.1) is 0 Å². The molecule has 0 aliphatic carbocycles. The van der Waals surface area contributed by atoms with Gasteiger partial charge in [0.2, 0.25) is 5.69 Å². The van der Waals surface area contributed by atoms with E-state index in [0.717, 1.165) is 0 Å². The molecule has 0 spiro atoms. The lowest BCUT2D eigenvalue weighted by Crippen LogP contribution is -1.88. The van der Waals surface area contributed by atoms with E-state index in [1.54, 1.807) is 36.4 Å². The summed E-state index contributed by atoms with van der Waals surface area (Å²) >= 11 is 0. The van der Waals surface area contributed by atoms with E-state index in [0.29, 0.717) is 16.2 Å². The number of azo groups is 1. The van der Waals surface area contributed by atoms with Crippen molar-refractivity contribution in [1.82, 2.24) is 0 Å². The monoisotopic (exact) mass is 198 g/mol. The number of para-hydroxylation sites is 1. The Bertz CT molecular complexity index is 452. The molecule has 2 rings (SSSR count).